The topological polar surface area (TPSA) is 80.9 Å². The first kappa shape index (κ1) is 16.2. The van der Waals surface area contributed by atoms with E-state index in [4.69, 9.17) is 19.2 Å². The summed E-state index contributed by atoms with van der Waals surface area (Å²) in [6.07, 6.45) is 0. The Kier molecular flexibility index (Phi) is 17.1. The number of hydrogen-bond donors (Lipinski definition) is 4. The van der Waals surface area contributed by atoms with Crippen LogP contribution >= 0.6 is 0 Å². The second-order valence-corrected chi connectivity index (χ2v) is 1.80. The Bertz CT molecular complexity index is 37.8. The Morgan fingerprint density at radius 2 is 1.00 bits per heavy atom. The zero-order chi connectivity index (χ0) is 6.50. The van der Waals surface area contributed by atoms with Gasteiger partial charge in [-0.15, -0.1) is 0 Å². The van der Waals surface area contributed by atoms with Crippen molar-refractivity contribution >= 4 is 9.05 Å². The van der Waals surface area contributed by atoms with Crippen molar-refractivity contribution in [2.24, 2.45) is 0 Å². The molecular weight excluding hydrogens is 155 g/mol. The number of rotatable bonds is 0. The largest absolute Gasteiger partial charge is 1.00 e. The first-order valence-corrected chi connectivity index (χ1v) is 3.09. The van der Waals surface area contributed by atoms with Crippen molar-refractivity contribution in [3.8, 4) is 0 Å². The van der Waals surface area contributed by atoms with Crippen LogP contribution in [0.1, 0.15) is 0 Å². The van der Waals surface area contributed by atoms with Crippen LogP contribution < -0.4 is 51.4 Å². The zero-order valence-corrected chi connectivity index (χ0v) is 8.70. The van der Waals surface area contributed by atoms with E-state index in [0.29, 0.717) is 0 Å². The van der Waals surface area contributed by atoms with Crippen molar-refractivity contribution in [2.75, 3.05) is 0 Å². The van der Waals surface area contributed by atoms with Crippen molar-refractivity contribution in [3.63, 3.8) is 0 Å². The van der Waals surface area contributed by atoms with E-state index in [1.54, 1.807) is 0 Å². The third-order valence-electron chi connectivity index (χ3n) is 0. The first-order valence-electron chi connectivity index (χ1n) is 1.30. The van der Waals surface area contributed by atoms with E-state index in [2.05, 4.69) is 13.2 Å². The third-order valence-corrected chi connectivity index (χ3v) is 0. The van der Waals surface area contributed by atoms with Crippen molar-refractivity contribution in [3.05, 3.63) is 13.2 Å². The molecule has 0 saturated carbocycles. The van der Waals surface area contributed by atoms with Gasteiger partial charge in [-0.3, -0.25) is 6.58 Å². The van der Waals surface area contributed by atoms with Crippen molar-refractivity contribution in [1.29, 1.82) is 0 Å². The van der Waals surface area contributed by atoms with E-state index in [0.717, 1.165) is 0 Å². The summed E-state index contributed by atoms with van der Waals surface area (Å²) in [6.45, 7) is 7.00. The molecule has 6 heteroatoms. The molecule has 8 heavy (non-hydrogen) atoms. The molecule has 0 amide bonds. The summed E-state index contributed by atoms with van der Waals surface area (Å²) in [6, 6.07) is 0. The normalized spacial score (nSPS) is 8.00. The third kappa shape index (κ3) is 150. The van der Waals surface area contributed by atoms with Gasteiger partial charge in [-0.2, -0.15) is 0 Å². The molecule has 0 atom stereocenters. The van der Waals surface area contributed by atoms with Crippen LogP contribution in [0.15, 0.2) is 6.58 Å². The molecule has 0 bridgehead atoms. The SMILES string of the molecule is O[Si](O)(O)O.[CH-]=C.[K+]. The molecule has 0 aromatic rings. The van der Waals surface area contributed by atoms with E-state index in [1.807, 2.05) is 0 Å². The van der Waals surface area contributed by atoms with Crippen LogP contribution in [0.4, 0.5) is 0 Å². The fourth-order valence-corrected chi connectivity index (χ4v) is 0. The average molecular weight is 162 g/mol. The monoisotopic (exact) mass is 162 g/mol. The van der Waals surface area contributed by atoms with Gasteiger partial charge in [0.25, 0.3) is 0 Å². The maximum Gasteiger partial charge on any atom is 1.00 e. The summed E-state index contributed by atoms with van der Waals surface area (Å²) < 4.78 is 0. The molecule has 0 aliphatic rings. The van der Waals surface area contributed by atoms with Crippen LogP contribution in [0.25, 0.3) is 0 Å². The fourth-order valence-electron chi connectivity index (χ4n) is 0. The van der Waals surface area contributed by atoms with Gasteiger partial charge in [0.15, 0.2) is 0 Å². The average Bonchev–Trinajstić information content (AvgIpc) is 1.36. The summed E-state index contributed by atoms with van der Waals surface area (Å²) in [4.78, 5) is 29.3. The molecule has 0 heterocycles. The Morgan fingerprint density at radius 1 is 1.00 bits per heavy atom. The van der Waals surface area contributed by atoms with Crippen LogP contribution in [0.2, 0.25) is 0 Å². The molecule has 0 aliphatic heterocycles. The Balaban J connectivity index is -0.0000000750. The van der Waals surface area contributed by atoms with Crippen LogP contribution in [0.5, 0.6) is 0 Å². The quantitative estimate of drug-likeness (QED) is 0.212. The van der Waals surface area contributed by atoms with Crippen LogP contribution in [-0.2, 0) is 0 Å². The Labute approximate surface area is 91.4 Å². The molecular formula is C2H7KO4Si. The maximum atomic E-state index is 7.33. The molecule has 0 spiro atoms. The van der Waals surface area contributed by atoms with Crippen LogP contribution in [0, 0.1) is 6.58 Å². The molecule has 0 fully saturated rings. The summed E-state index contributed by atoms with van der Waals surface area (Å²) in [5.74, 6) is 0. The Morgan fingerprint density at radius 3 is 1.00 bits per heavy atom. The van der Waals surface area contributed by atoms with Gasteiger partial charge in [0, 0.05) is 0 Å². The van der Waals surface area contributed by atoms with Crippen LogP contribution in [0.3, 0.4) is 0 Å². The fraction of sp³-hybridized carbons (Fsp3) is 0. The molecule has 0 rings (SSSR count). The van der Waals surface area contributed by atoms with E-state index < -0.39 is 9.05 Å². The first-order chi connectivity index (χ1) is 3.00. The Hall–Kier alpha value is 1.43. The van der Waals surface area contributed by atoms with E-state index in [9.17, 15) is 0 Å². The summed E-state index contributed by atoms with van der Waals surface area (Å²) in [7, 11) is -4.61. The molecule has 0 unspecified atom stereocenters. The molecule has 0 aromatic heterocycles. The second-order valence-electron chi connectivity index (χ2n) is 0.600. The minimum atomic E-state index is -4.61. The summed E-state index contributed by atoms with van der Waals surface area (Å²) in [5, 5.41) is 0. The molecule has 44 valence electrons. The molecule has 0 saturated heterocycles. The molecule has 0 radical (unpaired) electrons. The molecule has 0 aromatic carbocycles. The van der Waals surface area contributed by atoms with Crippen molar-refractivity contribution in [2.45, 2.75) is 0 Å². The van der Waals surface area contributed by atoms with Gasteiger partial charge >= 0.3 is 60.4 Å². The summed E-state index contributed by atoms with van der Waals surface area (Å²) >= 11 is 0. The maximum absolute atomic E-state index is 7.33. The standard InChI is InChI=1S/C2H3.K.H4O4Si/c1-2;;1-5(2,3)4/h1H,2H2;;1-4H/q-1;+1;. The smallest absolute Gasteiger partial charge is 0.521 e. The van der Waals surface area contributed by atoms with E-state index in [-0.39, 0.29) is 51.4 Å². The van der Waals surface area contributed by atoms with E-state index in [1.165, 1.54) is 0 Å². The van der Waals surface area contributed by atoms with Crippen molar-refractivity contribution < 1.29 is 70.6 Å². The van der Waals surface area contributed by atoms with Gasteiger partial charge in [-0.25, -0.2) is 0 Å². The van der Waals surface area contributed by atoms with Gasteiger partial charge in [-0.1, -0.05) is 0 Å². The summed E-state index contributed by atoms with van der Waals surface area (Å²) in [5.41, 5.74) is 0. The number of hydrogen-bond acceptors (Lipinski definition) is 4. The van der Waals surface area contributed by atoms with Gasteiger partial charge < -0.3 is 25.8 Å². The van der Waals surface area contributed by atoms with Crippen molar-refractivity contribution in [1.82, 2.24) is 0 Å². The van der Waals surface area contributed by atoms with Gasteiger partial charge in [-0.05, 0) is 0 Å². The predicted octanol–water partition coefficient (Wildman–Crippen LogP) is -5.00. The second kappa shape index (κ2) is 8.43. The van der Waals surface area contributed by atoms with Gasteiger partial charge in [0.05, 0.1) is 0 Å². The molecule has 4 N–H and O–H groups in total. The minimum absolute atomic E-state index is 0. The van der Waals surface area contributed by atoms with Crippen LogP contribution in [-0.4, -0.2) is 28.2 Å². The minimum Gasteiger partial charge on any atom is -0.521 e. The predicted molar refractivity (Wildman–Crippen MR) is 24.6 cm³/mol. The molecule has 0 aliphatic carbocycles. The zero-order valence-electron chi connectivity index (χ0n) is 4.57. The van der Waals surface area contributed by atoms with Gasteiger partial charge in [0.1, 0.15) is 0 Å². The van der Waals surface area contributed by atoms with Gasteiger partial charge in [0.2, 0.25) is 0 Å². The van der Waals surface area contributed by atoms with E-state index >= 15 is 0 Å². The molecule has 4 nitrogen and oxygen atoms in total.